The molecule has 0 unspecified atom stereocenters. The third-order valence-corrected chi connectivity index (χ3v) is 1.61. The Labute approximate surface area is 60.1 Å². The number of hydrogen-bond donors (Lipinski definition) is 1. The van der Waals surface area contributed by atoms with Crippen LogP contribution in [0.1, 0.15) is 20.8 Å². The van der Waals surface area contributed by atoms with Gasteiger partial charge in [0, 0.05) is 5.92 Å². The average molecular weight is 152 g/mol. The number of hydrogen-bond acceptors (Lipinski definition) is 1. The van der Waals surface area contributed by atoms with Crippen molar-refractivity contribution in [1.29, 1.82) is 0 Å². The average Bonchev–Trinajstić information content (AvgIpc) is 1.60. The van der Waals surface area contributed by atoms with Gasteiger partial charge < -0.3 is 5.11 Å². The molecule has 0 aliphatic heterocycles. The second-order valence-electron chi connectivity index (χ2n) is 3.49. The highest BCUT2D eigenvalue weighted by Crippen LogP contribution is 2.30. The summed E-state index contributed by atoms with van der Waals surface area (Å²) in [5.41, 5.74) is -0.511. The van der Waals surface area contributed by atoms with Gasteiger partial charge in [0.2, 0.25) is 6.43 Å². The molecule has 0 aliphatic carbocycles. The predicted octanol–water partition coefficient (Wildman–Crippen LogP) is 1.91. The van der Waals surface area contributed by atoms with Gasteiger partial charge in [-0.3, -0.25) is 0 Å². The second-order valence-corrected chi connectivity index (χ2v) is 3.49. The van der Waals surface area contributed by atoms with Crippen LogP contribution < -0.4 is 0 Å². The summed E-state index contributed by atoms with van der Waals surface area (Å²) >= 11 is 0. The molecule has 0 rings (SSSR count). The zero-order valence-electron chi connectivity index (χ0n) is 6.56. The fourth-order valence-electron chi connectivity index (χ4n) is 0.732. The number of aliphatic hydroxyl groups is 1. The Hall–Kier alpha value is -0.180. The SMILES string of the molecule is CC(C)(C)[C@H](CO)C(F)F. The number of rotatable bonds is 2. The van der Waals surface area contributed by atoms with E-state index in [0.29, 0.717) is 0 Å². The first-order chi connectivity index (χ1) is 4.39. The minimum Gasteiger partial charge on any atom is -0.396 e. The van der Waals surface area contributed by atoms with Crippen LogP contribution in [0.2, 0.25) is 0 Å². The summed E-state index contributed by atoms with van der Waals surface area (Å²) in [5.74, 6) is -0.910. The van der Waals surface area contributed by atoms with Gasteiger partial charge in [-0.2, -0.15) is 0 Å². The third-order valence-electron chi connectivity index (χ3n) is 1.61. The van der Waals surface area contributed by atoms with Gasteiger partial charge >= 0.3 is 0 Å². The minimum atomic E-state index is -2.43. The molecule has 62 valence electrons. The van der Waals surface area contributed by atoms with Gasteiger partial charge in [-0.15, -0.1) is 0 Å². The Morgan fingerprint density at radius 3 is 1.70 bits per heavy atom. The van der Waals surface area contributed by atoms with Gasteiger partial charge in [-0.25, -0.2) is 8.78 Å². The first-order valence-corrected chi connectivity index (χ1v) is 3.28. The lowest BCUT2D eigenvalue weighted by molar-refractivity contribution is -0.0166. The molecular weight excluding hydrogens is 138 g/mol. The van der Waals surface area contributed by atoms with Crippen LogP contribution in [0, 0.1) is 11.3 Å². The van der Waals surface area contributed by atoms with E-state index in [2.05, 4.69) is 0 Å². The van der Waals surface area contributed by atoms with Gasteiger partial charge in [-0.1, -0.05) is 20.8 Å². The summed E-state index contributed by atoms with van der Waals surface area (Å²) < 4.78 is 24.1. The first kappa shape index (κ1) is 9.82. The van der Waals surface area contributed by atoms with Crippen molar-refractivity contribution in [2.75, 3.05) is 6.61 Å². The van der Waals surface area contributed by atoms with Gasteiger partial charge in [0.05, 0.1) is 6.61 Å². The number of alkyl halides is 2. The van der Waals surface area contributed by atoms with E-state index in [1.54, 1.807) is 20.8 Å². The molecule has 1 atom stereocenters. The molecule has 0 aromatic carbocycles. The summed E-state index contributed by atoms with van der Waals surface area (Å²) in [5, 5.41) is 8.55. The molecule has 10 heavy (non-hydrogen) atoms. The van der Waals surface area contributed by atoms with Crippen molar-refractivity contribution in [2.45, 2.75) is 27.2 Å². The third kappa shape index (κ3) is 2.60. The van der Waals surface area contributed by atoms with Crippen molar-refractivity contribution in [1.82, 2.24) is 0 Å². The summed E-state index contributed by atoms with van der Waals surface area (Å²) in [7, 11) is 0. The van der Waals surface area contributed by atoms with E-state index in [1.807, 2.05) is 0 Å². The Kier molecular flexibility index (Phi) is 3.22. The highest BCUT2D eigenvalue weighted by Gasteiger charge is 2.31. The Balaban J connectivity index is 4.07. The Morgan fingerprint density at radius 1 is 1.30 bits per heavy atom. The first-order valence-electron chi connectivity index (χ1n) is 3.28. The maximum Gasteiger partial charge on any atom is 0.244 e. The summed E-state index contributed by atoms with van der Waals surface area (Å²) in [6, 6.07) is 0. The topological polar surface area (TPSA) is 20.2 Å². The molecule has 0 fully saturated rings. The van der Waals surface area contributed by atoms with Crippen molar-refractivity contribution >= 4 is 0 Å². The maximum absolute atomic E-state index is 12.0. The zero-order chi connectivity index (χ0) is 8.36. The van der Waals surface area contributed by atoms with Crippen molar-refractivity contribution in [3.63, 3.8) is 0 Å². The van der Waals surface area contributed by atoms with Crippen LogP contribution >= 0.6 is 0 Å². The summed E-state index contributed by atoms with van der Waals surface area (Å²) in [6.07, 6.45) is -2.43. The Morgan fingerprint density at radius 2 is 1.70 bits per heavy atom. The predicted molar refractivity (Wildman–Crippen MR) is 36.0 cm³/mol. The van der Waals surface area contributed by atoms with Gasteiger partial charge in [0.1, 0.15) is 0 Å². The van der Waals surface area contributed by atoms with Crippen molar-refractivity contribution in [3.8, 4) is 0 Å². The smallest absolute Gasteiger partial charge is 0.244 e. The van der Waals surface area contributed by atoms with E-state index >= 15 is 0 Å². The zero-order valence-corrected chi connectivity index (χ0v) is 6.56. The van der Waals surface area contributed by atoms with Crippen LogP contribution in [0.15, 0.2) is 0 Å². The minimum absolute atomic E-state index is 0.443. The molecule has 0 saturated carbocycles. The van der Waals surface area contributed by atoms with Gasteiger partial charge in [-0.05, 0) is 5.41 Å². The molecule has 0 radical (unpaired) electrons. The molecule has 0 amide bonds. The van der Waals surface area contributed by atoms with Crippen LogP contribution in [0.25, 0.3) is 0 Å². The Bertz CT molecular complexity index is 96.3. The van der Waals surface area contributed by atoms with Gasteiger partial charge in [0.15, 0.2) is 0 Å². The van der Waals surface area contributed by atoms with Crippen LogP contribution in [0.5, 0.6) is 0 Å². The van der Waals surface area contributed by atoms with Crippen molar-refractivity contribution in [2.24, 2.45) is 11.3 Å². The fourth-order valence-corrected chi connectivity index (χ4v) is 0.732. The molecule has 0 saturated heterocycles. The van der Waals surface area contributed by atoms with E-state index in [9.17, 15) is 8.78 Å². The molecule has 0 aliphatic rings. The number of halogens is 2. The molecule has 0 heterocycles. The molecular formula is C7H14F2O. The second kappa shape index (κ2) is 3.28. The van der Waals surface area contributed by atoms with Crippen molar-refractivity contribution in [3.05, 3.63) is 0 Å². The lowest BCUT2D eigenvalue weighted by Gasteiger charge is -2.27. The quantitative estimate of drug-likeness (QED) is 0.640. The fraction of sp³-hybridized carbons (Fsp3) is 1.00. The van der Waals surface area contributed by atoms with Crippen LogP contribution in [0.3, 0.4) is 0 Å². The lowest BCUT2D eigenvalue weighted by atomic mass is 9.81. The normalized spacial score (nSPS) is 15.9. The van der Waals surface area contributed by atoms with E-state index in [-0.39, 0.29) is 0 Å². The van der Waals surface area contributed by atoms with E-state index < -0.39 is 24.4 Å². The monoisotopic (exact) mass is 152 g/mol. The van der Waals surface area contributed by atoms with E-state index in [1.165, 1.54) is 0 Å². The standard InChI is InChI=1S/C7H14F2O/c1-7(2,3)5(4-10)6(8)9/h5-6,10H,4H2,1-3H3/t5-/m1/s1. The van der Waals surface area contributed by atoms with Crippen molar-refractivity contribution < 1.29 is 13.9 Å². The van der Waals surface area contributed by atoms with Crippen LogP contribution in [-0.2, 0) is 0 Å². The van der Waals surface area contributed by atoms with Crippen LogP contribution in [-0.4, -0.2) is 18.1 Å². The molecule has 1 N–H and O–H groups in total. The summed E-state index contributed by atoms with van der Waals surface area (Å²) in [4.78, 5) is 0. The maximum atomic E-state index is 12.0. The molecule has 0 spiro atoms. The molecule has 0 aromatic rings. The highest BCUT2D eigenvalue weighted by atomic mass is 19.3. The molecule has 3 heteroatoms. The van der Waals surface area contributed by atoms with Crippen LogP contribution in [0.4, 0.5) is 8.78 Å². The summed E-state index contributed by atoms with van der Waals surface area (Å²) in [6.45, 7) is 4.64. The number of aliphatic hydroxyl groups excluding tert-OH is 1. The van der Waals surface area contributed by atoms with Gasteiger partial charge in [0.25, 0.3) is 0 Å². The molecule has 0 aromatic heterocycles. The largest absolute Gasteiger partial charge is 0.396 e. The highest BCUT2D eigenvalue weighted by molar-refractivity contribution is 4.74. The molecule has 0 bridgehead atoms. The molecule has 1 nitrogen and oxygen atoms in total. The lowest BCUT2D eigenvalue weighted by Crippen LogP contribution is -2.30. The van der Waals surface area contributed by atoms with E-state index in [4.69, 9.17) is 5.11 Å². The van der Waals surface area contributed by atoms with E-state index in [0.717, 1.165) is 0 Å².